The molecule has 6 nitrogen and oxygen atoms in total. The van der Waals surface area contributed by atoms with Gasteiger partial charge < -0.3 is 14.2 Å². The molecule has 0 amide bonds. The second kappa shape index (κ2) is 71.1. The van der Waals surface area contributed by atoms with Crippen LogP contribution in [-0.4, -0.2) is 37.2 Å². The number of unbranched alkanes of at least 4 members (excludes halogenated alkanes) is 52. The molecule has 82 heavy (non-hydrogen) atoms. The molecule has 1 atom stereocenters. The number of carbonyl (C=O) groups is 3. The lowest BCUT2D eigenvalue weighted by molar-refractivity contribution is -0.167. The molecule has 482 valence electrons. The van der Waals surface area contributed by atoms with E-state index in [1.807, 2.05) is 0 Å². The Morgan fingerprint density at radius 2 is 0.439 bits per heavy atom. The Morgan fingerprint density at radius 3 is 0.683 bits per heavy atom. The number of carbonyl (C=O) groups excluding carboxylic acids is 3. The minimum atomic E-state index is -0.769. The fourth-order valence-corrected chi connectivity index (χ4v) is 11.3. The molecular weight excluding hydrogens is 1010 g/mol. The zero-order valence-corrected chi connectivity index (χ0v) is 55.5. The SMILES string of the molecule is CCCCCCC/C=C\C/C=C\C/C=C\CCCCCCCCCCCCCCC(=O)OCC(COC(=O)CCCCCCCCCCCC)OC(=O)CCCCCCCCCCCCCCCCCCCCCCCCCCCCC. The van der Waals surface area contributed by atoms with Gasteiger partial charge in [-0.25, -0.2) is 0 Å². The molecule has 0 N–H and O–H groups in total. The summed E-state index contributed by atoms with van der Waals surface area (Å²) in [6.45, 7) is 6.69. The number of ether oxygens (including phenoxy) is 3. The summed E-state index contributed by atoms with van der Waals surface area (Å²) in [7, 11) is 0. The molecule has 0 bridgehead atoms. The van der Waals surface area contributed by atoms with Gasteiger partial charge in [0.15, 0.2) is 6.10 Å². The van der Waals surface area contributed by atoms with Gasteiger partial charge in [0.1, 0.15) is 13.2 Å². The van der Waals surface area contributed by atoms with Crippen molar-refractivity contribution in [1.82, 2.24) is 0 Å². The molecule has 0 radical (unpaired) electrons. The first kappa shape index (κ1) is 79.6. The molecule has 0 saturated carbocycles. The zero-order chi connectivity index (χ0) is 59.2. The summed E-state index contributed by atoms with van der Waals surface area (Å²) in [5.41, 5.74) is 0. The molecule has 1 unspecified atom stereocenters. The summed E-state index contributed by atoms with van der Waals surface area (Å²) in [6, 6.07) is 0. The molecule has 0 heterocycles. The van der Waals surface area contributed by atoms with Crippen LogP contribution in [0.4, 0.5) is 0 Å². The molecule has 0 aliphatic carbocycles. The predicted octanol–water partition coefficient (Wildman–Crippen LogP) is 25.5. The first-order valence-corrected chi connectivity index (χ1v) is 37.0. The fraction of sp³-hybridized carbons (Fsp3) is 0.882. The van der Waals surface area contributed by atoms with E-state index in [1.54, 1.807) is 0 Å². The lowest BCUT2D eigenvalue weighted by Gasteiger charge is -2.18. The van der Waals surface area contributed by atoms with Crippen LogP contribution in [0.2, 0.25) is 0 Å². The summed E-state index contributed by atoms with van der Waals surface area (Å²) in [4.78, 5) is 38.4. The van der Waals surface area contributed by atoms with Crippen molar-refractivity contribution in [3.8, 4) is 0 Å². The Kier molecular flexibility index (Phi) is 69.1. The van der Waals surface area contributed by atoms with Crippen LogP contribution in [0.1, 0.15) is 412 Å². The highest BCUT2D eigenvalue weighted by atomic mass is 16.6. The standard InChI is InChI=1S/C76H142O6/c1-4-7-10-13-16-19-22-24-26-28-30-32-34-36-38-40-42-44-46-48-50-52-54-57-60-63-66-69-75(78)81-72-73(71-80-74(77)68-65-62-59-56-21-18-15-12-9-6-3)82-76(79)70-67-64-61-58-55-53-51-49-47-45-43-41-39-37-35-33-31-29-27-25-23-20-17-14-11-8-5-2/h22,24,28,30,34,36,73H,4-21,23,25-27,29,31-33,35,37-72H2,1-3H3/b24-22-,30-28-,36-34-. The van der Waals surface area contributed by atoms with Crippen LogP contribution < -0.4 is 0 Å². The third-order valence-corrected chi connectivity index (χ3v) is 16.9. The lowest BCUT2D eigenvalue weighted by Crippen LogP contribution is -2.30. The van der Waals surface area contributed by atoms with E-state index in [0.717, 1.165) is 70.6 Å². The second-order valence-electron chi connectivity index (χ2n) is 25.2. The quantitative estimate of drug-likeness (QED) is 0.0261. The van der Waals surface area contributed by atoms with E-state index in [1.165, 1.54) is 302 Å². The molecular formula is C76H142O6. The van der Waals surface area contributed by atoms with Gasteiger partial charge in [0.05, 0.1) is 0 Å². The molecule has 0 fully saturated rings. The summed E-state index contributed by atoms with van der Waals surface area (Å²) in [5.74, 6) is -0.839. The van der Waals surface area contributed by atoms with Crippen LogP contribution in [0.25, 0.3) is 0 Å². The highest BCUT2D eigenvalue weighted by Crippen LogP contribution is 2.19. The lowest BCUT2D eigenvalue weighted by atomic mass is 10.0. The average Bonchev–Trinajstić information content (AvgIpc) is 3.48. The minimum absolute atomic E-state index is 0.0664. The number of rotatable bonds is 69. The molecule has 6 heteroatoms. The molecule has 0 aromatic carbocycles. The summed E-state index contributed by atoms with van der Waals surface area (Å²) >= 11 is 0. The van der Waals surface area contributed by atoms with Crippen molar-refractivity contribution >= 4 is 17.9 Å². The molecule has 0 aliphatic rings. The maximum absolute atomic E-state index is 13.0. The Hall–Kier alpha value is -2.37. The van der Waals surface area contributed by atoms with Gasteiger partial charge in [-0.1, -0.05) is 372 Å². The fourth-order valence-electron chi connectivity index (χ4n) is 11.3. The number of hydrogen-bond donors (Lipinski definition) is 0. The van der Waals surface area contributed by atoms with Crippen molar-refractivity contribution < 1.29 is 28.6 Å². The normalized spacial score (nSPS) is 12.2. The highest BCUT2D eigenvalue weighted by Gasteiger charge is 2.20. The van der Waals surface area contributed by atoms with Crippen molar-refractivity contribution in [2.75, 3.05) is 13.2 Å². The Balaban J connectivity index is 4.12. The summed E-state index contributed by atoms with van der Waals surface area (Å²) in [6.07, 6.45) is 89.1. The van der Waals surface area contributed by atoms with Gasteiger partial charge in [0.2, 0.25) is 0 Å². The Labute approximate surface area is 512 Å². The van der Waals surface area contributed by atoms with Gasteiger partial charge in [-0.05, 0) is 57.8 Å². The largest absolute Gasteiger partial charge is 0.462 e. The van der Waals surface area contributed by atoms with Gasteiger partial charge in [0.25, 0.3) is 0 Å². The van der Waals surface area contributed by atoms with Gasteiger partial charge in [0, 0.05) is 19.3 Å². The number of hydrogen-bond acceptors (Lipinski definition) is 6. The predicted molar refractivity (Wildman–Crippen MR) is 358 cm³/mol. The average molecular weight is 1150 g/mol. The molecule has 0 rings (SSSR count). The Bertz CT molecular complexity index is 1370. The van der Waals surface area contributed by atoms with Crippen LogP contribution in [0.5, 0.6) is 0 Å². The smallest absolute Gasteiger partial charge is 0.306 e. The number of allylic oxidation sites excluding steroid dienone is 6. The minimum Gasteiger partial charge on any atom is -0.462 e. The van der Waals surface area contributed by atoms with Crippen LogP contribution in [0, 0.1) is 0 Å². The third-order valence-electron chi connectivity index (χ3n) is 16.9. The third kappa shape index (κ3) is 68.4. The molecule has 0 spiro atoms. The molecule has 0 aliphatic heterocycles. The van der Waals surface area contributed by atoms with Gasteiger partial charge >= 0.3 is 17.9 Å². The van der Waals surface area contributed by atoms with E-state index >= 15 is 0 Å². The van der Waals surface area contributed by atoms with E-state index in [4.69, 9.17) is 14.2 Å². The van der Waals surface area contributed by atoms with Crippen LogP contribution in [-0.2, 0) is 28.6 Å². The van der Waals surface area contributed by atoms with Crippen LogP contribution in [0.15, 0.2) is 36.5 Å². The summed E-state index contributed by atoms with van der Waals surface area (Å²) < 4.78 is 17.0. The van der Waals surface area contributed by atoms with Crippen molar-refractivity contribution in [1.29, 1.82) is 0 Å². The van der Waals surface area contributed by atoms with Gasteiger partial charge in [-0.2, -0.15) is 0 Å². The van der Waals surface area contributed by atoms with Crippen molar-refractivity contribution in [2.24, 2.45) is 0 Å². The maximum Gasteiger partial charge on any atom is 0.306 e. The van der Waals surface area contributed by atoms with Crippen molar-refractivity contribution in [3.63, 3.8) is 0 Å². The topological polar surface area (TPSA) is 78.9 Å². The van der Waals surface area contributed by atoms with E-state index < -0.39 is 6.10 Å². The number of esters is 3. The Morgan fingerprint density at radius 1 is 0.244 bits per heavy atom. The van der Waals surface area contributed by atoms with Crippen molar-refractivity contribution in [2.45, 2.75) is 419 Å². The highest BCUT2D eigenvalue weighted by molar-refractivity contribution is 5.71. The van der Waals surface area contributed by atoms with Crippen molar-refractivity contribution in [3.05, 3.63) is 36.5 Å². The van der Waals surface area contributed by atoms with E-state index in [9.17, 15) is 14.4 Å². The van der Waals surface area contributed by atoms with E-state index in [0.29, 0.717) is 19.3 Å². The zero-order valence-electron chi connectivity index (χ0n) is 55.5. The van der Waals surface area contributed by atoms with Crippen LogP contribution in [0.3, 0.4) is 0 Å². The molecule has 0 aromatic heterocycles. The molecule has 0 saturated heterocycles. The van der Waals surface area contributed by atoms with Crippen LogP contribution >= 0.6 is 0 Å². The maximum atomic E-state index is 13.0. The summed E-state index contributed by atoms with van der Waals surface area (Å²) in [5, 5.41) is 0. The molecule has 0 aromatic rings. The van der Waals surface area contributed by atoms with Gasteiger partial charge in [-0.3, -0.25) is 14.4 Å². The van der Waals surface area contributed by atoms with Gasteiger partial charge in [-0.15, -0.1) is 0 Å². The second-order valence-corrected chi connectivity index (χ2v) is 25.2. The van der Waals surface area contributed by atoms with E-state index in [-0.39, 0.29) is 31.1 Å². The monoisotopic (exact) mass is 1150 g/mol. The van der Waals surface area contributed by atoms with E-state index in [2.05, 4.69) is 57.2 Å². The first-order chi connectivity index (χ1) is 40.5. The first-order valence-electron chi connectivity index (χ1n) is 37.0.